The van der Waals surface area contributed by atoms with Gasteiger partial charge in [0.2, 0.25) is 0 Å². The van der Waals surface area contributed by atoms with Gasteiger partial charge in [-0.2, -0.15) is 0 Å². The van der Waals surface area contributed by atoms with Crippen LogP contribution in [0.3, 0.4) is 0 Å². The Balaban J connectivity index is 1.97. The summed E-state index contributed by atoms with van der Waals surface area (Å²) >= 11 is 0. The maximum atomic E-state index is 13.5. The molecule has 106 valence electrons. The predicted molar refractivity (Wildman–Crippen MR) is 74.1 cm³/mol. The zero-order chi connectivity index (χ0) is 14.5. The maximum Gasteiger partial charge on any atom is 0.130 e. The second kappa shape index (κ2) is 6.59. The largest absolute Gasteiger partial charge is 0.387 e. The molecule has 2 aromatic rings. The van der Waals surface area contributed by atoms with E-state index in [0.29, 0.717) is 18.7 Å². The minimum atomic E-state index is -0.635. The van der Waals surface area contributed by atoms with Gasteiger partial charge in [-0.15, -0.1) is 0 Å². The van der Waals surface area contributed by atoms with Crippen LogP contribution in [0.2, 0.25) is 0 Å². The highest BCUT2D eigenvalue weighted by Crippen LogP contribution is 2.16. The fourth-order valence-corrected chi connectivity index (χ4v) is 2.08. The third-order valence-corrected chi connectivity index (χ3v) is 3.12. The van der Waals surface area contributed by atoms with Crippen LogP contribution < -0.4 is 0 Å². The van der Waals surface area contributed by atoms with Gasteiger partial charge in [-0.25, -0.2) is 8.78 Å². The van der Waals surface area contributed by atoms with Gasteiger partial charge in [-0.1, -0.05) is 36.4 Å². The number of hydrogen-bond donors (Lipinski definition) is 1. The van der Waals surface area contributed by atoms with Crippen molar-refractivity contribution < 1.29 is 13.9 Å². The molecule has 1 N–H and O–H groups in total. The first-order valence-corrected chi connectivity index (χ1v) is 6.42. The number of benzene rings is 2. The standard InChI is InChI=1S/C16H17F2NO/c1-19(10-13-7-8-14(17)9-15(13)18)11-16(20)12-5-3-2-4-6-12/h2-9,16,20H,10-11H2,1H3. The van der Waals surface area contributed by atoms with Crippen molar-refractivity contribution in [2.24, 2.45) is 0 Å². The first-order valence-electron chi connectivity index (χ1n) is 6.42. The highest BCUT2D eigenvalue weighted by atomic mass is 19.1. The SMILES string of the molecule is CN(Cc1ccc(F)cc1F)CC(O)c1ccccc1. The first kappa shape index (κ1) is 14.6. The molecular formula is C16H17F2NO. The summed E-state index contributed by atoms with van der Waals surface area (Å²) in [5, 5.41) is 10.1. The van der Waals surface area contributed by atoms with Crippen molar-refractivity contribution in [3.8, 4) is 0 Å². The van der Waals surface area contributed by atoms with Gasteiger partial charge in [-0.3, -0.25) is 4.90 Å². The summed E-state index contributed by atoms with van der Waals surface area (Å²) in [6, 6.07) is 12.8. The Bertz CT molecular complexity index is 560. The molecular weight excluding hydrogens is 260 g/mol. The average molecular weight is 277 g/mol. The monoisotopic (exact) mass is 277 g/mol. The van der Waals surface area contributed by atoms with Gasteiger partial charge in [0.1, 0.15) is 11.6 Å². The van der Waals surface area contributed by atoms with Crippen molar-refractivity contribution >= 4 is 0 Å². The molecule has 4 heteroatoms. The summed E-state index contributed by atoms with van der Waals surface area (Å²) in [6.07, 6.45) is -0.635. The number of halogens is 2. The van der Waals surface area contributed by atoms with Crippen LogP contribution in [0.25, 0.3) is 0 Å². The minimum Gasteiger partial charge on any atom is -0.387 e. The van der Waals surface area contributed by atoms with Crippen molar-refractivity contribution in [3.05, 3.63) is 71.3 Å². The third kappa shape index (κ3) is 3.85. The first-order chi connectivity index (χ1) is 9.56. The van der Waals surface area contributed by atoms with E-state index >= 15 is 0 Å². The molecule has 2 rings (SSSR count). The van der Waals surface area contributed by atoms with Crippen LogP contribution in [0.1, 0.15) is 17.2 Å². The van der Waals surface area contributed by atoms with Gasteiger partial charge < -0.3 is 5.11 Å². The van der Waals surface area contributed by atoms with E-state index in [1.54, 1.807) is 11.9 Å². The predicted octanol–water partition coefficient (Wildman–Crippen LogP) is 3.13. The Morgan fingerprint density at radius 1 is 1.10 bits per heavy atom. The smallest absolute Gasteiger partial charge is 0.130 e. The van der Waals surface area contributed by atoms with Crippen LogP contribution in [-0.2, 0) is 6.54 Å². The summed E-state index contributed by atoms with van der Waals surface area (Å²) in [5.74, 6) is -1.15. The van der Waals surface area contributed by atoms with Gasteiger partial charge in [0.05, 0.1) is 6.10 Å². The Morgan fingerprint density at radius 2 is 1.80 bits per heavy atom. The zero-order valence-corrected chi connectivity index (χ0v) is 11.3. The molecule has 2 aromatic carbocycles. The molecule has 0 fully saturated rings. The van der Waals surface area contributed by atoms with Crippen LogP contribution in [0.5, 0.6) is 0 Å². The van der Waals surface area contributed by atoms with Gasteiger partial charge in [0.15, 0.2) is 0 Å². The van der Waals surface area contributed by atoms with Crippen molar-refractivity contribution in [1.82, 2.24) is 4.90 Å². The van der Waals surface area contributed by atoms with Gasteiger partial charge >= 0.3 is 0 Å². The molecule has 0 saturated carbocycles. The summed E-state index contributed by atoms with van der Waals surface area (Å²) in [7, 11) is 1.79. The molecule has 0 heterocycles. The van der Waals surface area contributed by atoms with E-state index in [1.807, 2.05) is 30.3 Å². The second-order valence-corrected chi connectivity index (χ2v) is 4.86. The van der Waals surface area contributed by atoms with Gasteiger partial charge in [0.25, 0.3) is 0 Å². The number of nitrogens with zero attached hydrogens (tertiary/aromatic N) is 1. The summed E-state index contributed by atoms with van der Waals surface area (Å²) in [4.78, 5) is 1.80. The quantitative estimate of drug-likeness (QED) is 0.907. The average Bonchev–Trinajstić information content (AvgIpc) is 2.43. The molecule has 0 aromatic heterocycles. The molecule has 0 radical (unpaired) electrons. The van der Waals surface area contributed by atoms with Crippen LogP contribution in [-0.4, -0.2) is 23.6 Å². The summed E-state index contributed by atoms with van der Waals surface area (Å²) < 4.78 is 26.4. The highest BCUT2D eigenvalue weighted by Gasteiger charge is 2.12. The summed E-state index contributed by atoms with van der Waals surface area (Å²) in [6.45, 7) is 0.691. The molecule has 0 aliphatic carbocycles. The fourth-order valence-electron chi connectivity index (χ4n) is 2.08. The van der Waals surface area contributed by atoms with Gasteiger partial charge in [-0.05, 0) is 18.7 Å². The summed E-state index contributed by atoms with van der Waals surface area (Å²) in [5.41, 5.74) is 1.23. The zero-order valence-electron chi connectivity index (χ0n) is 11.3. The minimum absolute atomic E-state index is 0.315. The lowest BCUT2D eigenvalue weighted by atomic mass is 10.1. The van der Waals surface area contributed by atoms with Crippen LogP contribution in [0.4, 0.5) is 8.78 Å². The molecule has 0 spiro atoms. The maximum absolute atomic E-state index is 13.5. The molecule has 2 nitrogen and oxygen atoms in total. The number of rotatable bonds is 5. The molecule has 1 unspecified atom stereocenters. The number of aliphatic hydroxyl groups is 1. The molecule has 0 saturated heterocycles. The van der Waals surface area contributed by atoms with E-state index in [1.165, 1.54) is 12.1 Å². The van der Waals surface area contributed by atoms with E-state index < -0.39 is 17.7 Å². The van der Waals surface area contributed by atoms with Crippen LogP contribution >= 0.6 is 0 Å². The molecule has 1 atom stereocenters. The van der Waals surface area contributed by atoms with Crippen LogP contribution in [0.15, 0.2) is 48.5 Å². The molecule has 0 bridgehead atoms. The third-order valence-electron chi connectivity index (χ3n) is 3.12. The van der Waals surface area contributed by atoms with E-state index in [2.05, 4.69) is 0 Å². The van der Waals surface area contributed by atoms with E-state index in [-0.39, 0.29) is 0 Å². The number of likely N-dealkylation sites (N-methyl/N-ethyl adjacent to an activating group) is 1. The Morgan fingerprint density at radius 3 is 2.45 bits per heavy atom. The Labute approximate surface area is 117 Å². The van der Waals surface area contributed by atoms with Crippen molar-refractivity contribution in [2.75, 3.05) is 13.6 Å². The number of hydrogen-bond acceptors (Lipinski definition) is 2. The Hall–Kier alpha value is -1.78. The van der Waals surface area contributed by atoms with Crippen LogP contribution in [0, 0.1) is 11.6 Å². The van der Waals surface area contributed by atoms with Crippen molar-refractivity contribution in [1.29, 1.82) is 0 Å². The topological polar surface area (TPSA) is 23.5 Å². The molecule has 20 heavy (non-hydrogen) atoms. The van der Waals surface area contributed by atoms with E-state index in [4.69, 9.17) is 0 Å². The highest BCUT2D eigenvalue weighted by molar-refractivity contribution is 5.19. The molecule has 0 aliphatic heterocycles. The number of aliphatic hydroxyl groups excluding tert-OH is 1. The molecule has 0 amide bonds. The normalized spacial score (nSPS) is 12.7. The Kier molecular flexibility index (Phi) is 4.82. The van der Waals surface area contributed by atoms with Crippen molar-refractivity contribution in [2.45, 2.75) is 12.6 Å². The lowest BCUT2D eigenvalue weighted by Crippen LogP contribution is -2.24. The van der Waals surface area contributed by atoms with Gasteiger partial charge in [0, 0.05) is 24.7 Å². The fraction of sp³-hybridized carbons (Fsp3) is 0.250. The van der Waals surface area contributed by atoms with Crippen molar-refractivity contribution in [3.63, 3.8) is 0 Å². The molecule has 0 aliphatic rings. The van der Waals surface area contributed by atoms with E-state index in [9.17, 15) is 13.9 Å². The van der Waals surface area contributed by atoms with E-state index in [0.717, 1.165) is 11.6 Å². The lowest BCUT2D eigenvalue weighted by molar-refractivity contribution is 0.123. The second-order valence-electron chi connectivity index (χ2n) is 4.86. The lowest BCUT2D eigenvalue weighted by Gasteiger charge is -2.21.